The summed E-state index contributed by atoms with van der Waals surface area (Å²) in [5, 5.41) is 9.38. The van der Waals surface area contributed by atoms with E-state index in [4.69, 9.17) is 4.74 Å². The van der Waals surface area contributed by atoms with Crippen LogP contribution in [0.2, 0.25) is 0 Å². The third-order valence-electron chi connectivity index (χ3n) is 5.04. The first-order valence-corrected chi connectivity index (χ1v) is 9.50. The van der Waals surface area contributed by atoms with Crippen molar-refractivity contribution in [2.24, 2.45) is 5.92 Å². The Bertz CT molecular complexity index is 842. The first-order chi connectivity index (χ1) is 13.1. The lowest BCUT2D eigenvalue weighted by Crippen LogP contribution is -2.24. The Morgan fingerprint density at radius 2 is 1.93 bits per heavy atom. The third kappa shape index (κ3) is 5.71. The Balaban J connectivity index is 0.00000280. The van der Waals surface area contributed by atoms with Crippen molar-refractivity contribution in [2.45, 2.75) is 19.4 Å². The lowest BCUT2D eigenvalue weighted by atomic mass is 9.81. The fourth-order valence-electron chi connectivity index (χ4n) is 3.75. The minimum Gasteiger partial charge on any atom is -0.497 e. The topological polar surface area (TPSA) is 32.7 Å². The lowest BCUT2D eigenvalue weighted by Gasteiger charge is -2.29. The molecule has 1 unspecified atom stereocenters. The molecule has 0 fully saturated rings. The number of ether oxygens (including phenoxy) is 1. The van der Waals surface area contributed by atoms with Crippen molar-refractivity contribution in [1.29, 1.82) is 0 Å². The molecule has 0 radical (unpaired) electrons. The van der Waals surface area contributed by atoms with Crippen LogP contribution >= 0.6 is 12.4 Å². The fraction of sp³-hybridized carbons (Fsp3) is 0.333. The van der Waals surface area contributed by atoms with Gasteiger partial charge in [0.1, 0.15) is 5.75 Å². The van der Waals surface area contributed by atoms with Gasteiger partial charge in [0.2, 0.25) is 0 Å². The first-order valence-electron chi connectivity index (χ1n) is 9.50. The summed E-state index contributed by atoms with van der Waals surface area (Å²) < 4.78 is 5.43. The largest absolute Gasteiger partial charge is 0.497 e. The number of benzene rings is 2. The number of allylic oxidation sites excluding steroid dienone is 2. The molecule has 0 spiro atoms. The van der Waals surface area contributed by atoms with E-state index in [1.54, 1.807) is 7.11 Å². The van der Waals surface area contributed by atoms with Crippen LogP contribution in [0.25, 0.3) is 11.6 Å². The van der Waals surface area contributed by atoms with Crippen LogP contribution in [0.15, 0.2) is 60.2 Å². The molecule has 28 heavy (non-hydrogen) atoms. The highest BCUT2D eigenvalue weighted by Crippen LogP contribution is 2.37. The highest BCUT2D eigenvalue weighted by Gasteiger charge is 2.22. The molecule has 3 nitrogen and oxygen atoms in total. The zero-order valence-corrected chi connectivity index (χ0v) is 17.7. The minimum absolute atomic E-state index is 0. The van der Waals surface area contributed by atoms with Gasteiger partial charge in [-0.15, -0.1) is 12.4 Å². The molecule has 0 heterocycles. The Hall–Kier alpha value is -2.07. The van der Waals surface area contributed by atoms with Gasteiger partial charge in [0.15, 0.2) is 0 Å². The van der Waals surface area contributed by atoms with Crippen molar-refractivity contribution in [3.63, 3.8) is 0 Å². The number of halogens is 1. The zero-order chi connectivity index (χ0) is 19.2. The molecule has 0 amide bonds. The molecule has 2 aromatic rings. The van der Waals surface area contributed by atoms with E-state index in [1.165, 1.54) is 16.7 Å². The molecule has 0 saturated heterocycles. The van der Waals surface area contributed by atoms with Crippen LogP contribution in [0.4, 0.5) is 0 Å². The standard InChI is InChI=1S/C24H29NO2.ClH/c1-25(2)16-22-11-10-19(12-18-6-4-7-20(13-18)17-26)14-24(22)21-8-5-9-23(15-21)27-3;/h4-9,12-15,22,26H,10-11,16-17H2,1-3H3;1H/b19-12+;. The summed E-state index contributed by atoms with van der Waals surface area (Å²) in [6, 6.07) is 16.5. The number of aliphatic hydroxyl groups excluding tert-OH is 1. The summed E-state index contributed by atoms with van der Waals surface area (Å²) in [5.41, 5.74) is 6.03. The van der Waals surface area contributed by atoms with Gasteiger partial charge in [-0.1, -0.05) is 42.5 Å². The monoisotopic (exact) mass is 399 g/mol. The molecule has 0 aliphatic heterocycles. The smallest absolute Gasteiger partial charge is 0.119 e. The molecular formula is C24H30ClNO2. The summed E-state index contributed by atoms with van der Waals surface area (Å²) in [6.45, 7) is 1.11. The molecule has 1 atom stereocenters. The predicted octanol–water partition coefficient (Wildman–Crippen LogP) is 5.05. The number of methoxy groups -OCH3 is 1. The van der Waals surface area contributed by atoms with Gasteiger partial charge in [0, 0.05) is 6.54 Å². The summed E-state index contributed by atoms with van der Waals surface area (Å²) in [6.07, 6.45) is 6.78. The predicted molar refractivity (Wildman–Crippen MR) is 120 cm³/mol. The molecule has 0 saturated carbocycles. The van der Waals surface area contributed by atoms with E-state index in [2.05, 4.69) is 61.5 Å². The lowest BCUT2D eigenvalue weighted by molar-refractivity contribution is 0.282. The summed E-state index contributed by atoms with van der Waals surface area (Å²) in [4.78, 5) is 2.26. The van der Waals surface area contributed by atoms with Crippen molar-refractivity contribution in [3.05, 3.63) is 76.9 Å². The molecule has 1 aliphatic carbocycles. The molecular weight excluding hydrogens is 370 g/mol. The van der Waals surface area contributed by atoms with Crippen molar-refractivity contribution in [2.75, 3.05) is 27.7 Å². The van der Waals surface area contributed by atoms with Crippen LogP contribution in [0, 0.1) is 5.92 Å². The summed E-state index contributed by atoms with van der Waals surface area (Å²) in [5.74, 6) is 1.40. The average molecular weight is 400 g/mol. The molecule has 0 bridgehead atoms. The molecule has 2 aromatic carbocycles. The normalized spacial score (nSPS) is 18.0. The van der Waals surface area contributed by atoms with Crippen LogP contribution in [-0.2, 0) is 6.61 Å². The second-order valence-electron chi connectivity index (χ2n) is 7.45. The number of aliphatic hydroxyl groups is 1. The van der Waals surface area contributed by atoms with E-state index < -0.39 is 0 Å². The molecule has 0 aromatic heterocycles. The quantitative estimate of drug-likeness (QED) is 0.737. The van der Waals surface area contributed by atoms with Gasteiger partial charge in [0.05, 0.1) is 13.7 Å². The van der Waals surface area contributed by atoms with Crippen molar-refractivity contribution >= 4 is 24.1 Å². The van der Waals surface area contributed by atoms with Gasteiger partial charge in [0.25, 0.3) is 0 Å². The van der Waals surface area contributed by atoms with E-state index in [-0.39, 0.29) is 19.0 Å². The maximum absolute atomic E-state index is 9.38. The van der Waals surface area contributed by atoms with Gasteiger partial charge in [-0.05, 0) is 78.9 Å². The first kappa shape index (κ1) is 22.2. The van der Waals surface area contributed by atoms with E-state index in [1.807, 2.05) is 18.2 Å². The average Bonchev–Trinajstić information content (AvgIpc) is 2.69. The zero-order valence-electron chi connectivity index (χ0n) is 16.9. The number of rotatable bonds is 6. The maximum Gasteiger partial charge on any atom is 0.119 e. The van der Waals surface area contributed by atoms with Crippen molar-refractivity contribution in [1.82, 2.24) is 4.90 Å². The summed E-state index contributed by atoms with van der Waals surface area (Å²) in [7, 11) is 5.98. The fourth-order valence-corrected chi connectivity index (χ4v) is 3.75. The van der Waals surface area contributed by atoms with Gasteiger partial charge in [-0.25, -0.2) is 0 Å². The van der Waals surface area contributed by atoms with Gasteiger partial charge in [-0.2, -0.15) is 0 Å². The van der Waals surface area contributed by atoms with Gasteiger partial charge < -0.3 is 14.7 Å². The third-order valence-corrected chi connectivity index (χ3v) is 5.04. The molecule has 3 rings (SSSR count). The second kappa shape index (κ2) is 10.5. The SMILES string of the molecule is COc1cccc(C2=C/C(=C/c3cccc(CO)c3)CCC2CN(C)C)c1.Cl. The van der Waals surface area contributed by atoms with Crippen molar-refractivity contribution in [3.8, 4) is 5.75 Å². The number of hydrogen-bond donors (Lipinski definition) is 1. The van der Waals surface area contributed by atoms with Gasteiger partial charge in [-0.3, -0.25) is 0 Å². The Labute approximate surface area is 174 Å². The Kier molecular flexibility index (Phi) is 8.31. The van der Waals surface area contributed by atoms with Crippen LogP contribution in [0.3, 0.4) is 0 Å². The highest BCUT2D eigenvalue weighted by atomic mass is 35.5. The van der Waals surface area contributed by atoms with E-state index in [0.717, 1.165) is 36.3 Å². The Morgan fingerprint density at radius 3 is 2.64 bits per heavy atom. The van der Waals surface area contributed by atoms with Gasteiger partial charge >= 0.3 is 0 Å². The maximum atomic E-state index is 9.38. The summed E-state index contributed by atoms with van der Waals surface area (Å²) >= 11 is 0. The second-order valence-corrected chi connectivity index (χ2v) is 7.45. The number of hydrogen-bond acceptors (Lipinski definition) is 3. The van der Waals surface area contributed by atoms with E-state index >= 15 is 0 Å². The van der Waals surface area contributed by atoms with Crippen LogP contribution in [0.5, 0.6) is 5.75 Å². The van der Waals surface area contributed by atoms with E-state index in [0.29, 0.717) is 5.92 Å². The number of nitrogens with zero attached hydrogens (tertiary/aromatic N) is 1. The molecule has 1 N–H and O–H groups in total. The van der Waals surface area contributed by atoms with Crippen LogP contribution in [-0.4, -0.2) is 37.8 Å². The molecule has 1 aliphatic rings. The Morgan fingerprint density at radius 1 is 1.14 bits per heavy atom. The highest BCUT2D eigenvalue weighted by molar-refractivity contribution is 5.85. The van der Waals surface area contributed by atoms with Crippen molar-refractivity contribution < 1.29 is 9.84 Å². The molecule has 4 heteroatoms. The van der Waals surface area contributed by atoms with Crippen LogP contribution in [0.1, 0.15) is 29.5 Å². The molecule has 150 valence electrons. The minimum atomic E-state index is 0. The van der Waals surface area contributed by atoms with Crippen LogP contribution < -0.4 is 4.74 Å². The van der Waals surface area contributed by atoms with E-state index in [9.17, 15) is 5.11 Å².